The molecule has 2 aromatic rings. The maximum Gasteiger partial charge on any atom is 0.270 e. The van der Waals surface area contributed by atoms with Crippen LogP contribution in [0.1, 0.15) is 11.1 Å². The van der Waals surface area contributed by atoms with Crippen molar-refractivity contribution in [3.8, 4) is 11.5 Å². The molecule has 0 spiro atoms. The number of hydrazone groups is 1. The molecule has 0 bridgehead atoms. The van der Waals surface area contributed by atoms with Crippen LogP contribution in [0.2, 0.25) is 5.02 Å². The number of nitrogens with zero attached hydrogens (tertiary/aromatic N) is 2. The smallest absolute Gasteiger partial charge is 0.270 e. The molecule has 2 aromatic carbocycles. The van der Waals surface area contributed by atoms with E-state index in [1.807, 2.05) is 18.2 Å². The van der Waals surface area contributed by atoms with Gasteiger partial charge in [-0.1, -0.05) is 17.7 Å². The van der Waals surface area contributed by atoms with Crippen LogP contribution in [0, 0.1) is 10.1 Å². The molecule has 1 aliphatic rings. The predicted molar refractivity (Wildman–Crippen MR) is 101 cm³/mol. The number of nitrogens with one attached hydrogen (secondary N) is 2. The molecule has 0 saturated carbocycles. The number of ether oxygens (including phenoxy) is 2. The van der Waals surface area contributed by atoms with E-state index >= 15 is 0 Å². The first-order chi connectivity index (χ1) is 12.5. The van der Waals surface area contributed by atoms with Crippen molar-refractivity contribution in [3.05, 3.63) is 62.7 Å². The number of halogens is 1. The van der Waals surface area contributed by atoms with Crippen molar-refractivity contribution in [3.63, 3.8) is 0 Å². The minimum Gasteiger partial charge on any atom is -0.454 e. The first-order valence-corrected chi connectivity index (χ1v) is 8.21. The average molecular weight is 393 g/mol. The summed E-state index contributed by atoms with van der Waals surface area (Å²) < 4.78 is 10.6. The fourth-order valence-electron chi connectivity index (χ4n) is 2.18. The van der Waals surface area contributed by atoms with Crippen molar-refractivity contribution in [2.75, 3.05) is 6.79 Å². The molecule has 1 heterocycles. The van der Waals surface area contributed by atoms with Gasteiger partial charge < -0.3 is 14.8 Å². The first kappa shape index (κ1) is 17.9. The molecular formula is C16H13ClN4O4S. The zero-order chi connectivity index (χ0) is 18.5. The third-order valence-electron chi connectivity index (χ3n) is 3.45. The maximum absolute atomic E-state index is 10.8. The number of hydrogen-bond donors (Lipinski definition) is 2. The summed E-state index contributed by atoms with van der Waals surface area (Å²) in [6.45, 7) is 0.691. The van der Waals surface area contributed by atoms with Gasteiger partial charge in [0.15, 0.2) is 16.6 Å². The molecular weight excluding hydrogens is 380 g/mol. The van der Waals surface area contributed by atoms with Crippen LogP contribution in [-0.2, 0) is 6.54 Å². The van der Waals surface area contributed by atoms with Crippen LogP contribution in [0.25, 0.3) is 0 Å². The molecule has 0 saturated heterocycles. The van der Waals surface area contributed by atoms with Crippen LogP contribution in [0.3, 0.4) is 0 Å². The van der Waals surface area contributed by atoms with Crippen LogP contribution >= 0.6 is 23.8 Å². The molecule has 0 unspecified atom stereocenters. The van der Waals surface area contributed by atoms with Crippen molar-refractivity contribution < 1.29 is 14.4 Å². The van der Waals surface area contributed by atoms with Gasteiger partial charge in [-0.05, 0) is 36.0 Å². The second-order valence-corrected chi connectivity index (χ2v) is 6.02. The quantitative estimate of drug-likeness (QED) is 0.349. The van der Waals surface area contributed by atoms with Crippen molar-refractivity contribution in [2.45, 2.75) is 6.54 Å². The summed E-state index contributed by atoms with van der Waals surface area (Å²) in [5, 5.41) is 18.4. The Morgan fingerprint density at radius 2 is 2.12 bits per heavy atom. The highest BCUT2D eigenvalue weighted by Gasteiger charge is 2.13. The molecule has 1 aliphatic heterocycles. The summed E-state index contributed by atoms with van der Waals surface area (Å²) in [5.74, 6) is 1.41. The Balaban J connectivity index is 1.53. The number of non-ortho nitro benzene ring substituents is 1. The summed E-state index contributed by atoms with van der Waals surface area (Å²) in [7, 11) is 0. The topological polar surface area (TPSA) is 98.0 Å². The van der Waals surface area contributed by atoms with Crippen molar-refractivity contribution in [1.82, 2.24) is 10.7 Å². The van der Waals surface area contributed by atoms with Gasteiger partial charge in [0.2, 0.25) is 6.79 Å². The highest BCUT2D eigenvalue weighted by Crippen LogP contribution is 2.32. The number of nitro benzene ring substituents is 1. The third-order valence-corrected chi connectivity index (χ3v) is 4.03. The molecule has 0 aliphatic carbocycles. The zero-order valence-electron chi connectivity index (χ0n) is 13.3. The molecule has 0 radical (unpaired) electrons. The fraction of sp³-hybridized carbons (Fsp3) is 0.125. The van der Waals surface area contributed by atoms with Crippen molar-refractivity contribution in [1.29, 1.82) is 0 Å². The van der Waals surface area contributed by atoms with E-state index in [2.05, 4.69) is 15.8 Å². The summed E-state index contributed by atoms with van der Waals surface area (Å²) in [6, 6.07) is 9.69. The second-order valence-electron chi connectivity index (χ2n) is 5.20. The fourth-order valence-corrected chi connectivity index (χ4v) is 2.47. The van der Waals surface area contributed by atoms with Gasteiger partial charge in [-0.3, -0.25) is 15.5 Å². The lowest BCUT2D eigenvalue weighted by Gasteiger charge is -2.07. The lowest BCUT2D eigenvalue weighted by Crippen LogP contribution is -2.31. The van der Waals surface area contributed by atoms with Gasteiger partial charge >= 0.3 is 0 Å². The van der Waals surface area contributed by atoms with Crippen LogP contribution in [0.4, 0.5) is 5.69 Å². The van der Waals surface area contributed by atoms with Gasteiger partial charge in [-0.25, -0.2) is 0 Å². The van der Waals surface area contributed by atoms with E-state index in [0.29, 0.717) is 33.7 Å². The molecule has 0 fully saturated rings. The molecule has 8 nitrogen and oxygen atoms in total. The Morgan fingerprint density at radius 1 is 1.31 bits per heavy atom. The summed E-state index contributed by atoms with van der Waals surface area (Å²) in [4.78, 5) is 10.3. The summed E-state index contributed by atoms with van der Waals surface area (Å²) in [6.07, 6.45) is 1.36. The SMILES string of the molecule is O=[N+]([O-])c1ccc(Cl)c(/C=N\NC(=S)NCc2ccc3c(c2)OCO3)c1. The molecule has 0 aromatic heterocycles. The van der Waals surface area contributed by atoms with Crippen LogP contribution in [-0.4, -0.2) is 23.0 Å². The lowest BCUT2D eigenvalue weighted by atomic mass is 10.2. The maximum atomic E-state index is 10.8. The van der Waals surface area contributed by atoms with Gasteiger partial charge in [0, 0.05) is 29.3 Å². The number of hydrogen-bond acceptors (Lipinski definition) is 6. The summed E-state index contributed by atoms with van der Waals surface area (Å²) >= 11 is 11.1. The van der Waals surface area contributed by atoms with Crippen molar-refractivity contribution >= 4 is 40.8 Å². The normalized spacial score (nSPS) is 12.2. The predicted octanol–water partition coefficient (Wildman–Crippen LogP) is 2.98. The van der Waals surface area contributed by atoms with E-state index in [1.54, 1.807) is 0 Å². The summed E-state index contributed by atoms with van der Waals surface area (Å²) in [5.41, 5.74) is 3.94. The molecule has 0 amide bonds. The Morgan fingerprint density at radius 3 is 2.92 bits per heavy atom. The minimum absolute atomic E-state index is 0.0700. The number of fused-ring (bicyclic) bond motifs is 1. The Hall–Kier alpha value is -2.91. The number of benzene rings is 2. The van der Waals surface area contributed by atoms with E-state index in [9.17, 15) is 10.1 Å². The van der Waals surface area contributed by atoms with E-state index in [0.717, 1.165) is 5.56 Å². The van der Waals surface area contributed by atoms with Gasteiger partial charge in [-0.15, -0.1) is 0 Å². The molecule has 0 atom stereocenters. The van der Waals surface area contributed by atoms with E-state index in [1.165, 1.54) is 24.4 Å². The Kier molecular flexibility index (Phi) is 5.49. The molecule has 3 rings (SSSR count). The Bertz CT molecular complexity index is 891. The second kappa shape index (κ2) is 7.98. The van der Waals surface area contributed by atoms with Crippen molar-refractivity contribution in [2.24, 2.45) is 5.10 Å². The van der Waals surface area contributed by atoms with Gasteiger partial charge in [0.1, 0.15) is 0 Å². The van der Waals surface area contributed by atoms with E-state index < -0.39 is 4.92 Å². The number of thiocarbonyl (C=S) groups is 1. The van der Waals surface area contributed by atoms with Crippen LogP contribution in [0.15, 0.2) is 41.5 Å². The van der Waals surface area contributed by atoms with Gasteiger partial charge in [0.25, 0.3) is 5.69 Å². The standard InChI is InChI=1S/C16H13ClN4O4S/c17-13-3-2-12(21(22)23)6-11(13)8-19-20-16(26)18-7-10-1-4-14-15(5-10)25-9-24-14/h1-6,8H,7,9H2,(H2,18,20,26)/b19-8-. The molecule has 26 heavy (non-hydrogen) atoms. The van der Waals surface area contributed by atoms with Gasteiger partial charge in [0.05, 0.1) is 11.1 Å². The lowest BCUT2D eigenvalue weighted by molar-refractivity contribution is -0.384. The molecule has 134 valence electrons. The number of rotatable bonds is 5. The van der Waals surface area contributed by atoms with Crippen LogP contribution in [0.5, 0.6) is 11.5 Å². The molecule has 10 heteroatoms. The van der Waals surface area contributed by atoms with E-state index in [-0.39, 0.29) is 12.5 Å². The van der Waals surface area contributed by atoms with E-state index in [4.69, 9.17) is 33.3 Å². The minimum atomic E-state index is -0.501. The van der Waals surface area contributed by atoms with Gasteiger partial charge in [-0.2, -0.15) is 5.10 Å². The van der Waals surface area contributed by atoms with Crippen LogP contribution < -0.4 is 20.2 Å². The highest BCUT2D eigenvalue weighted by molar-refractivity contribution is 7.80. The zero-order valence-corrected chi connectivity index (χ0v) is 14.8. The third kappa shape index (κ3) is 4.38. The monoisotopic (exact) mass is 392 g/mol. The average Bonchev–Trinajstić information content (AvgIpc) is 3.09. The molecule has 2 N–H and O–H groups in total. The first-order valence-electron chi connectivity index (χ1n) is 7.42. The largest absolute Gasteiger partial charge is 0.454 e. The highest BCUT2D eigenvalue weighted by atomic mass is 35.5. The number of nitro groups is 1. The Labute approximate surface area is 158 Å².